The summed E-state index contributed by atoms with van der Waals surface area (Å²) < 4.78 is 7.55. The van der Waals surface area contributed by atoms with E-state index < -0.39 is 0 Å². The first-order chi connectivity index (χ1) is 11.1. The molecule has 2 aromatic heterocycles. The number of morpholine rings is 1. The van der Waals surface area contributed by atoms with Crippen molar-refractivity contribution < 1.29 is 9.53 Å². The van der Waals surface area contributed by atoms with Gasteiger partial charge in [-0.2, -0.15) is 5.10 Å². The van der Waals surface area contributed by atoms with Crippen LogP contribution < -0.4 is 5.32 Å². The average Bonchev–Trinajstić information content (AvgIpc) is 3.18. The average molecular weight is 335 g/mol. The van der Waals surface area contributed by atoms with E-state index >= 15 is 0 Å². The van der Waals surface area contributed by atoms with Crippen LogP contribution in [-0.4, -0.2) is 51.8 Å². The molecule has 1 saturated heterocycles. The van der Waals surface area contributed by atoms with Gasteiger partial charge in [0.1, 0.15) is 16.9 Å². The molecule has 1 atom stereocenters. The Hall–Kier alpha value is -1.77. The van der Waals surface area contributed by atoms with Crippen LogP contribution in [0.4, 0.5) is 5.82 Å². The first-order valence-electron chi connectivity index (χ1n) is 7.70. The lowest BCUT2D eigenvalue weighted by Crippen LogP contribution is -2.42. The van der Waals surface area contributed by atoms with E-state index in [0.29, 0.717) is 19.7 Å². The standard InChI is InChI=1S/C15H21N5O2S/c1-11(2)20-13(3-4-17-20)18-14(21)10-19-6-7-22-12(9-19)15-16-5-8-23-15/h3-5,8,11-12H,6-7,9-10H2,1-2H3,(H,18,21)/t12-/m1/s1. The minimum absolute atomic E-state index is 0.0350. The van der Waals surface area contributed by atoms with Crippen molar-refractivity contribution in [2.24, 2.45) is 0 Å². The van der Waals surface area contributed by atoms with Crippen molar-refractivity contribution in [3.05, 3.63) is 28.8 Å². The van der Waals surface area contributed by atoms with Gasteiger partial charge in [0.15, 0.2) is 0 Å². The Morgan fingerprint density at radius 2 is 2.39 bits per heavy atom. The Morgan fingerprint density at radius 1 is 1.52 bits per heavy atom. The van der Waals surface area contributed by atoms with E-state index in [9.17, 15) is 4.79 Å². The molecule has 0 aromatic carbocycles. The van der Waals surface area contributed by atoms with Crippen LogP contribution in [0.15, 0.2) is 23.8 Å². The number of rotatable bonds is 5. The highest BCUT2D eigenvalue weighted by molar-refractivity contribution is 7.09. The van der Waals surface area contributed by atoms with Gasteiger partial charge >= 0.3 is 0 Å². The number of thiazole rings is 1. The molecule has 0 unspecified atom stereocenters. The number of nitrogens with one attached hydrogen (secondary N) is 1. The predicted octanol–water partition coefficient (Wildman–Crippen LogP) is 1.93. The maximum Gasteiger partial charge on any atom is 0.239 e. The maximum atomic E-state index is 12.3. The SMILES string of the molecule is CC(C)n1nccc1NC(=O)CN1CCO[C@@H](c2nccs2)C1. The first-order valence-corrected chi connectivity index (χ1v) is 8.58. The van der Waals surface area contributed by atoms with Gasteiger partial charge in [-0.05, 0) is 13.8 Å². The van der Waals surface area contributed by atoms with Crippen molar-refractivity contribution >= 4 is 23.1 Å². The van der Waals surface area contributed by atoms with Gasteiger partial charge in [-0.15, -0.1) is 11.3 Å². The maximum absolute atomic E-state index is 12.3. The third-order valence-electron chi connectivity index (χ3n) is 3.67. The number of anilines is 1. The van der Waals surface area contributed by atoms with Gasteiger partial charge in [-0.3, -0.25) is 9.69 Å². The highest BCUT2D eigenvalue weighted by atomic mass is 32.1. The van der Waals surface area contributed by atoms with E-state index in [1.54, 1.807) is 28.4 Å². The van der Waals surface area contributed by atoms with Crippen LogP contribution in [-0.2, 0) is 9.53 Å². The third-order valence-corrected chi connectivity index (χ3v) is 4.54. The molecule has 23 heavy (non-hydrogen) atoms. The summed E-state index contributed by atoms with van der Waals surface area (Å²) >= 11 is 1.58. The second kappa shape index (κ2) is 7.20. The molecule has 0 aliphatic carbocycles. The molecule has 3 rings (SSSR count). The molecule has 8 heteroatoms. The molecule has 3 heterocycles. The summed E-state index contributed by atoms with van der Waals surface area (Å²) in [5, 5.41) is 10.1. The normalized spacial score (nSPS) is 19.2. The predicted molar refractivity (Wildman–Crippen MR) is 88.5 cm³/mol. The van der Waals surface area contributed by atoms with Gasteiger partial charge in [-0.25, -0.2) is 9.67 Å². The van der Waals surface area contributed by atoms with Crippen molar-refractivity contribution in [3.63, 3.8) is 0 Å². The fourth-order valence-electron chi connectivity index (χ4n) is 2.60. The summed E-state index contributed by atoms with van der Waals surface area (Å²) in [6.07, 6.45) is 3.43. The molecule has 1 aliphatic rings. The Balaban J connectivity index is 1.56. The van der Waals surface area contributed by atoms with Crippen LogP contribution in [0.25, 0.3) is 0 Å². The summed E-state index contributed by atoms with van der Waals surface area (Å²) in [5.41, 5.74) is 0. The summed E-state index contributed by atoms with van der Waals surface area (Å²) in [4.78, 5) is 18.7. The molecular weight excluding hydrogens is 314 g/mol. The van der Waals surface area contributed by atoms with Gasteiger partial charge in [0.05, 0.1) is 19.3 Å². The van der Waals surface area contributed by atoms with E-state index in [2.05, 4.69) is 20.3 Å². The largest absolute Gasteiger partial charge is 0.368 e. The van der Waals surface area contributed by atoms with Crippen LogP contribution >= 0.6 is 11.3 Å². The zero-order valence-electron chi connectivity index (χ0n) is 13.3. The lowest BCUT2D eigenvalue weighted by molar-refractivity contribution is -0.119. The Morgan fingerprint density at radius 3 is 3.13 bits per heavy atom. The monoisotopic (exact) mass is 335 g/mol. The summed E-state index contributed by atoms with van der Waals surface area (Å²) in [6, 6.07) is 2.02. The quantitative estimate of drug-likeness (QED) is 0.904. The van der Waals surface area contributed by atoms with Crippen LogP contribution in [0.2, 0.25) is 0 Å². The summed E-state index contributed by atoms with van der Waals surface area (Å²) in [6.45, 7) is 6.45. The highest BCUT2D eigenvalue weighted by Crippen LogP contribution is 2.23. The number of hydrogen-bond donors (Lipinski definition) is 1. The van der Waals surface area contributed by atoms with Crippen molar-refractivity contribution in [1.82, 2.24) is 19.7 Å². The number of aromatic nitrogens is 3. The summed E-state index contributed by atoms with van der Waals surface area (Å²) in [5.74, 6) is 0.696. The van der Waals surface area contributed by atoms with Gasteiger partial charge in [0.2, 0.25) is 5.91 Å². The second-order valence-corrected chi connectivity index (χ2v) is 6.69. The van der Waals surface area contributed by atoms with Gasteiger partial charge in [0.25, 0.3) is 0 Å². The molecule has 7 nitrogen and oxygen atoms in total. The lowest BCUT2D eigenvalue weighted by atomic mass is 10.3. The first kappa shape index (κ1) is 16.1. The Labute approximate surface area is 139 Å². The Kier molecular flexibility index (Phi) is 5.04. The number of amides is 1. The molecule has 1 amide bonds. The van der Waals surface area contributed by atoms with Gasteiger partial charge in [0, 0.05) is 36.8 Å². The molecule has 1 fully saturated rings. The van der Waals surface area contributed by atoms with Crippen LogP contribution in [0.3, 0.4) is 0 Å². The molecule has 124 valence electrons. The fourth-order valence-corrected chi connectivity index (χ4v) is 3.28. The number of ether oxygens (including phenoxy) is 1. The van der Waals surface area contributed by atoms with E-state index in [1.165, 1.54) is 0 Å². The molecule has 1 aliphatic heterocycles. The lowest BCUT2D eigenvalue weighted by Gasteiger charge is -2.31. The topological polar surface area (TPSA) is 72.3 Å². The molecule has 0 radical (unpaired) electrons. The molecule has 0 bridgehead atoms. The minimum Gasteiger partial charge on any atom is -0.368 e. The van der Waals surface area contributed by atoms with Crippen molar-refractivity contribution in [2.75, 3.05) is 31.6 Å². The second-order valence-electron chi connectivity index (χ2n) is 5.77. The van der Waals surface area contributed by atoms with Gasteiger partial charge < -0.3 is 10.1 Å². The molecule has 1 N–H and O–H groups in total. The smallest absolute Gasteiger partial charge is 0.239 e. The number of nitrogens with zero attached hydrogens (tertiary/aromatic N) is 4. The molecule has 0 spiro atoms. The zero-order chi connectivity index (χ0) is 16.2. The van der Waals surface area contributed by atoms with Crippen LogP contribution in [0.1, 0.15) is 31.0 Å². The molecular formula is C15H21N5O2S. The number of carbonyl (C=O) groups excluding carboxylic acids is 1. The zero-order valence-corrected chi connectivity index (χ0v) is 14.1. The minimum atomic E-state index is -0.0438. The highest BCUT2D eigenvalue weighted by Gasteiger charge is 2.25. The van der Waals surface area contributed by atoms with Crippen molar-refractivity contribution in [1.29, 1.82) is 0 Å². The van der Waals surface area contributed by atoms with Crippen molar-refractivity contribution in [3.8, 4) is 0 Å². The van der Waals surface area contributed by atoms with Gasteiger partial charge in [-0.1, -0.05) is 0 Å². The van der Waals surface area contributed by atoms with E-state index in [1.807, 2.05) is 25.3 Å². The van der Waals surface area contributed by atoms with Crippen LogP contribution in [0.5, 0.6) is 0 Å². The molecule has 0 saturated carbocycles. The van der Waals surface area contributed by atoms with E-state index in [4.69, 9.17) is 4.74 Å². The fraction of sp³-hybridized carbons (Fsp3) is 0.533. The number of carbonyl (C=O) groups is 1. The molecule has 2 aromatic rings. The van der Waals surface area contributed by atoms with E-state index in [0.717, 1.165) is 17.4 Å². The third kappa shape index (κ3) is 3.95. The number of hydrogen-bond acceptors (Lipinski definition) is 6. The summed E-state index contributed by atoms with van der Waals surface area (Å²) in [7, 11) is 0. The Bertz CT molecular complexity index is 640. The van der Waals surface area contributed by atoms with Crippen molar-refractivity contribution in [2.45, 2.75) is 26.0 Å². The van der Waals surface area contributed by atoms with Crippen LogP contribution in [0, 0.1) is 0 Å². The van der Waals surface area contributed by atoms with E-state index in [-0.39, 0.29) is 18.1 Å².